The van der Waals surface area contributed by atoms with Crippen molar-refractivity contribution in [1.29, 1.82) is 0 Å². The van der Waals surface area contributed by atoms with Gasteiger partial charge in [-0.15, -0.1) is 12.4 Å². The number of halogens is 4. The van der Waals surface area contributed by atoms with Crippen molar-refractivity contribution < 1.29 is 5.11 Å². The summed E-state index contributed by atoms with van der Waals surface area (Å²) >= 11 is 18.2. The molecule has 0 radical (unpaired) electrons. The van der Waals surface area contributed by atoms with Crippen molar-refractivity contribution in [2.24, 2.45) is 5.73 Å². The van der Waals surface area contributed by atoms with Gasteiger partial charge in [0.1, 0.15) is 0 Å². The van der Waals surface area contributed by atoms with Crippen LogP contribution in [0.4, 0.5) is 0 Å². The van der Waals surface area contributed by atoms with Crippen molar-refractivity contribution in [2.45, 2.75) is 18.6 Å². The lowest BCUT2D eigenvalue weighted by Gasteiger charge is -2.22. The van der Waals surface area contributed by atoms with Crippen LogP contribution < -0.4 is 5.73 Å². The predicted molar refractivity (Wildman–Crippen MR) is 91.8 cm³/mol. The van der Waals surface area contributed by atoms with Crippen molar-refractivity contribution in [3.8, 4) is 0 Å². The summed E-state index contributed by atoms with van der Waals surface area (Å²) in [5.41, 5.74) is 7.55. The first kappa shape index (κ1) is 18.6. The summed E-state index contributed by atoms with van der Waals surface area (Å²) in [7, 11) is 0. The average Bonchev–Trinajstić information content (AvgIpc) is 2.44. The Hall–Kier alpha value is -0.480. The summed E-state index contributed by atoms with van der Waals surface area (Å²) < 4.78 is 0. The topological polar surface area (TPSA) is 46.2 Å². The Bertz CT molecular complexity index is 592. The molecular weight excluding hydrogens is 352 g/mol. The summed E-state index contributed by atoms with van der Waals surface area (Å²) in [4.78, 5) is 0. The Morgan fingerprint density at radius 1 is 0.952 bits per heavy atom. The fourth-order valence-corrected chi connectivity index (χ4v) is 2.81. The van der Waals surface area contributed by atoms with Crippen molar-refractivity contribution in [3.05, 3.63) is 68.7 Å². The number of aliphatic hydroxyl groups is 1. The molecule has 2 aromatic carbocycles. The summed E-state index contributed by atoms with van der Waals surface area (Å²) in [6.07, 6.45) is -0.382. The first-order valence-corrected chi connectivity index (χ1v) is 7.25. The zero-order chi connectivity index (χ0) is 14.7. The SMILES string of the molecule is Cl.N[C@@H](c1c(Cl)ccc(Cl)c1Cl)[C@H](O)Cc1ccccc1. The third kappa shape index (κ3) is 4.49. The van der Waals surface area contributed by atoms with Crippen LogP contribution in [0.3, 0.4) is 0 Å². The molecule has 0 fully saturated rings. The van der Waals surface area contributed by atoms with Gasteiger partial charge in [-0.05, 0) is 17.7 Å². The average molecular weight is 367 g/mol. The minimum Gasteiger partial charge on any atom is -0.391 e. The second-order valence-electron chi connectivity index (χ2n) is 4.54. The van der Waals surface area contributed by atoms with Crippen LogP contribution in [-0.2, 0) is 6.42 Å². The zero-order valence-corrected chi connectivity index (χ0v) is 14.1. The van der Waals surface area contributed by atoms with Gasteiger partial charge in [-0.1, -0.05) is 65.1 Å². The molecule has 0 unspecified atom stereocenters. The maximum Gasteiger partial charge on any atom is 0.0774 e. The Morgan fingerprint density at radius 2 is 1.52 bits per heavy atom. The summed E-state index contributed by atoms with van der Waals surface area (Å²) in [5, 5.41) is 11.3. The Balaban J connectivity index is 0.00000220. The number of hydrogen-bond donors (Lipinski definition) is 2. The molecule has 3 N–H and O–H groups in total. The molecule has 0 aliphatic heterocycles. The van der Waals surface area contributed by atoms with Gasteiger partial charge in [0.25, 0.3) is 0 Å². The van der Waals surface area contributed by atoms with Gasteiger partial charge in [0.2, 0.25) is 0 Å². The van der Waals surface area contributed by atoms with Crippen molar-refractivity contribution in [2.75, 3.05) is 0 Å². The van der Waals surface area contributed by atoms with E-state index in [1.165, 1.54) is 0 Å². The van der Waals surface area contributed by atoms with Gasteiger partial charge in [-0.2, -0.15) is 0 Å². The highest BCUT2D eigenvalue weighted by Gasteiger charge is 2.23. The zero-order valence-electron chi connectivity index (χ0n) is 11.0. The van der Waals surface area contributed by atoms with Crippen LogP contribution in [0.5, 0.6) is 0 Å². The highest BCUT2D eigenvalue weighted by atomic mass is 35.5. The maximum atomic E-state index is 10.3. The molecule has 0 aromatic heterocycles. The Kier molecular flexibility index (Phi) is 7.28. The second-order valence-corrected chi connectivity index (χ2v) is 5.73. The van der Waals surface area contributed by atoms with Gasteiger partial charge in [-0.3, -0.25) is 0 Å². The van der Waals surface area contributed by atoms with Gasteiger partial charge in [-0.25, -0.2) is 0 Å². The van der Waals surface area contributed by atoms with Crippen LogP contribution in [0.25, 0.3) is 0 Å². The van der Waals surface area contributed by atoms with E-state index in [1.807, 2.05) is 30.3 Å². The normalized spacial score (nSPS) is 13.4. The molecule has 0 saturated carbocycles. The molecule has 6 heteroatoms. The number of aliphatic hydroxyl groups excluding tert-OH is 1. The lowest BCUT2D eigenvalue weighted by molar-refractivity contribution is 0.145. The summed E-state index contributed by atoms with van der Waals surface area (Å²) in [6.45, 7) is 0. The molecule has 0 amide bonds. The van der Waals surface area contributed by atoms with Crippen molar-refractivity contribution in [3.63, 3.8) is 0 Å². The smallest absolute Gasteiger partial charge is 0.0774 e. The highest BCUT2D eigenvalue weighted by molar-refractivity contribution is 6.44. The van der Waals surface area contributed by atoms with E-state index in [0.29, 0.717) is 27.1 Å². The first-order chi connectivity index (χ1) is 9.50. The second kappa shape index (κ2) is 8.23. The van der Waals surface area contributed by atoms with Crippen molar-refractivity contribution in [1.82, 2.24) is 0 Å². The molecule has 2 atom stereocenters. The van der Waals surface area contributed by atoms with Gasteiger partial charge >= 0.3 is 0 Å². The molecule has 0 heterocycles. The monoisotopic (exact) mass is 365 g/mol. The minimum absolute atomic E-state index is 0. The van der Waals surface area contributed by atoms with Crippen LogP contribution in [0.1, 0.15) is 17.2 Å². The predicted octanol–water partition coefficient (Wildman–Crippen LogP) is 4.67. The van der Waals surface area contributed by atoms with Crippen molar-refractivity contribution >= 4 is 47.2 Å². The Labute approximate surface area is 145 Å². The molecule has 0 bridgehead atoms. The fraction of sp³-hybridized carbons (Fsp3) is 0.200. The lowest BCUT2D eigenvalue weighted by Crippen LogP contribution is -2.28. The third-order valence-electron chi connectivity index (χ3n) is 3.11. The van der Waals surface area contributed by atoms with Crippen LogP contribution >= 0.6 is 47.2 Å². The van der Waals surface area contributed by atoms with E-state index in [2.05, 4.69) is 0 Å². The van der Waals surface area contributed by atoms with E-state index < -0.39 is 12.1 Å². The van der Waals surface area contributed by atoms with Gasteiger partial charge in [0.05, 0.1) is 22.2 Å². The minimum atomic E-state index is -0.800. The van der Waals surface area contributed by atoms with Crippen LogP contribution in [0.15, 0.2) is 42.5 Å². The van der Waals surface area contributed by atoms with Gasteiger partial charge in [0.15, 0.2) is 0 Å². The Morgan fingerprint density at radius 3 is 2.14 bits per heavy atom. The molecule has 2 nitrogen and oxygen atoms in total. The van der Waals surface area contributed by atoms with Crippen LogP contribution in [-0.4, -0.2) is 11.2 Å². The standard InChI is InChI=1S/C15H14Cl3NO.ClH/c16-10-6-7-11(17)14(18)13(10)15(19)12(20)8-9-4-2-1-3-5-9;/h1-7,12,15,20H,8,19H2;1H/t12-,15-;/m1./s1. The fourth-order valence-electron chi connectivity index (χ4n) is 2.02. The highest BCUT2D eigenvalue weighted by Crippen LogP contribution is 2.36. The van der Waals surface area contributed by atoms with Gasteiger partial charge in [0, 0.05) is 17.0 Å². The molecule has 2 aromatic rings. The number of nitrogens with two attached hydrogens (primary N) is 1. The number of rotatable bonds is 4. The quantitative estimate of drug-likeness (QED) is 0.772. The van der Waals surface area contributed by atoms with E-state index in [-0.39, 0.29) is 12.4 Å². The summed E-state index contributed by atoms with van der Waals surface area (Å²) in [6, 6.07) is 12.1. The van der Waals surface area contributed by atoms with Crippen LogP contribution in [0, 0.1) is 0 Å². The molecule has 0 aliphatic carbocycles. The largest absolute Gasteiger partial charge is 0.391 e. The summed E-state index contributed by atoms with van der Waals surface area (Å²) in [5.74, 6) is 0. The molecule has 114 valence electrons. The number of benzene rings is 2. The number of hydrogen-bond acceptors (Lipinski definition) is 2. The first-order valence-electron chi connectivity index (χ1n) is 6.11. The molecule has 2 rings (SSSR count). The molecule has 21 heavy (non-hydrogen) atoms. The lowest BCUT2D eigenvalue weighted by atomic mass is 9.97. The maximum absolute atomic E-state index is 10.3. The van der Waals surface area contributed by atoms with E-state index in [0.717, 1.165) is 5.56 Å². The van der Waals surface area contributed by atoms with Crippen LogP contribution in [0.2, 0.25) is 15.1 Å². The van der Waals surface area contributed by atoms with E-state index in [1.54, 1.807) is 12.1 Å². The van der Waals surface area contributed by atoms with E-state index in [9.17, 15) is 5.11 Å². The van der Waals surface area contributed by atoms with E-state index >= 15 is 0 Å². The third-order valence-corrected chi connectivity index (χ3v) is 4.26. The van der Waals surface area contributed by atoms with Gasteiger partial charge < -0.3 is 10.8 Å². The molecule has 0 spiro atoms. The molecule has 0 aliphatic rings. The molecular formula is C15H15Cl4NO. The van der Waals surface area contributed by atoms with E-state index in [4.69, 9.17) is 40.5 Å². The molecule has 0 saturated heterocycles.